The highest BCUT2D eigenvalue weighted by molar-refractivity contribution is 7.91. The Kier molecular flexibility index (Phi) is 29.0. The molecular weight excluding hydrogens is 1270 g/mol. The average Bonchev–Trinajstić information content (AvgIpc) is 1.68. The highest BCUT2D eigenvalue weighted by Crippen LogP contribution is 2.31. The molecule has 3 unspecified atom stereocenters. The van der Waals surface area contributed by atoms with Crippen molar-refractivity contribution in [3.05, 3.63) is 107 Å². The number of rotatable bonds is 29. The quantitative estimate of drug-likeness (QED) is 0.0113. The Morgan fingerprint density at radius 3 is 1.85 bits per heavy atom. The fourth-order valence-electron chi connectivity index (χ4n) is 9.69. The van der Waals surface area contributed by atoms with Crippen LogP contribution in [0.25, 0.3) is 5.65 Å². The normalized spacial score (nSPS) is 14.5. The highest BCUT2D eigenvalue weighted by Gasteiger charge is 2.51. The number of aromatic amines is 1. The summed E-state index contributed by atoms with van der Waals surface area (Å²) in [5, 5.41) is 24.1. The van der Waals surface area contributed by atoms with Gasteiger partial charge in [0.05, 0.1) is 40.7 Å². The van der Waals surface area contributed by atoms with Crippen LogP contribution in [-0.2, 0) is 65.5 Å². The van der Waals surface area contributed by atoms with E-state index in [0.717, 1.165) is 50.6 Å². The van der Waals surface area contributed by atoms with Crippen molar-refractivity contribution in [2.24, 2.45) is 5.92 Å². The Morgan fingerprint density at radius 2 is 1.30 bits per heavy atom. The van der Waals surface area contributed by atoms with Crippen molar-refractivity contribution in [2.75, 3.05) is 59.7 Å². The number of anilines is 4. The number of fused-ring (bicyclic) bond motifs is 1. The lowest BCUT2D eigenvalue weighted by Crippen LogP contribution is -2.52. The van der Waals surface area contributed by atoms with Crippen LogP contribution in [0.15, 0.2) is 79.9 Å². The molecule has 0 aliphatic carbocycles. The standard InChI is InChI=1S/C36H49ClN4O7S.C17H22N4O5.C7H9ClN4O2S.C2H4/c1-4-5-6-7-8-9-10-11-12-16-21-49(47,48)25-26(2)34(44)38-29-19-20-30(37)31(22-29)39-35(45)33(27(3)42)41-32(43)24-40(36(41)46)23-28-17-14-13-15-18-28;1-9(22)13(21-15(24)17(2,3)20-16(21)25)14(23)19-11-8-10(18-4)6-7-12(11)26-5;1-4-6(8)7-10-9-5(12(7)11-4)3-15(2,13)14;1-2/h13-15,17-20,22,26,33H,4-12,16,21,23-25H2,1-3H3,(H,38,44)(H,39,45);6-8,13,18H,1-5H3,(H,19,23)(H,20,25);11H,3H2,1-2H3;1-2H2. The van der Waals surface area contributed by atoms with Gasteiger partial charge in [0.25, 0.3) is 23.6 Å². The first kappa shape index (κ1) is 76.2. The fourth-order valence-corrected chi connectivity index (χ4v) is 12.4. The molecule has 3 aromatic carbocycles. The van der Waals surface area contributed by atoms with Crippen molar-refractivity contribution in [3.63, 3.8) is 0 Å². The van der Waals surface area contributed by atoms with Gasteiger partial charge in [-0.05, 0) is 83.0 Å². The number of imide groups is 2. The van der Waals surface area contributed by atoms with Gasteiger partial charge in [-0.2, -0.15) is 0 Å². The molecule has 2 aliphatic rings. The number of sulfone groups is 2. The maximum atomic E-state index is 13.3. The fraction of sp³-hybridized carbons (Fsp3) is 0.468. The Hall–Kier alpha value is -8.21. The molecule has 9 amide bonds. The largest absolute Gasteiger partial charge is 0.495 e. The topological polar surface area (TPSA) is 347 Å². The number of hydrogen-bond donors (Lipinski definition) is 6. The van der Waals surface area contributed by atoms with Gasteiger partial charge in [-0.3, -0.25) is 38.7 Å². The lowest BCUT2D eigenvalue weighted by atomic mass is 10.0. The Labute approximate surface area is 547 Å². The first-order valence-corrected chi connectivity index (χ1v) is 34.3. The molecule has 2 fully saturated rings. The van der Waals surface area contributed by atoms with Gasteiger partial charge in [0.2, 0.25) is 5.91 Å². The van der Waals surface area contributed by atoms with E-state index in [-0.39, 0.29) is 46.7 Å². The van der Waals surface area contributed by atoms with Gasteiger partial charge in [-0.1, -0.05) is 125 Å². The summed E-state index contributed by atoms with van der Waals surface area (Å²) in [5.41, 5.74) is 2.04. The number of carbonyl (C=O) groups is 9. The summed E-state index contributed by atoms with van der Waals surface area (Å²) in [4.78, 5) is 117. The summed E-state index contributed by atoms with van der Waals surface area (Å²) in [6.07, 6.45) is 12.1. The first-order valence-electron chi connectivity index (χ1n) is 29.7. The van der Waals surface area contributed by atoms with Crippen molar-refractivity contribution in [2.45, 2.75) is 143 Å². The van der Waals surface area contributed by atoms with E-state index in [1.807, 2.05) is 6.07 Å². The number of amides is 9. The van der Waals surface area contributed by atoms with Crippen molar-refractivity contribution >= 4 is 124 Å². The molecule has 502 valence electrons. The van der Waals surface area contributed by atoms with Crippen molar-refractivity contribution in [1.29, 1.82) is 0 Å². The molecule has 92 heavy (non-hydrogen) atoms. The van der Waals surface area contributed by atoms with Gasteiger partial charge >= 0.3 is 12.1 Å². The molecular formula is C62H84Cl2N12O14S2. The van der Waals surface area contributed by atoms with E-state index in [1.165, 1.54) is 94.0 Å². The summed E-state index contributed by atoms with van der Waals surface area (Å²) in [6.45, 7) is 16.6. The number of nitrogens with one attached hydrogen (secondary N) is 6. The molecule has 2 saturated heterocycles. The third-order valence-corrected chi connectivity index (χ3v) is 17.9. The second-order valence-corrected chi connectivity index (χ2v) is 27.7. The van der Waals surface area contributed by atoms with Crippen LogP contribution >= 0.6 is 23.2 Å². The number of halogens is 2. The molecule has 6 N–H and O–H groups in total. The van der Waals surface area contributed by atoms with Crippen molar-refractivity contribution < 1.29 is 64.7 Å². The van der Waals surface area contributed by atoms with E-state index < -0.39 is 96.4 Å². The van der Waals surface area contributed by atoms with Crippen LogP contribution in [0, 0.1) is 12.8 Å². The molecule has 30 heteroatoms. The second-order valence-electron chi connectivity index (χ2n) is 22.6. The summed E-state index contributed by atoms with van der Waals surface area (Å²) < 4.78 is 54.3. The maximum absolute atomic E-state index is 13.3. The molecule has 3 atom stereocenters. The monoisotopic (exact) mass is 1350 g/mol. The van der Waals surface area contributed by atoms with Crippen LogP contribution in [0.2, 0.25) is 10.0 Å². The zero-order valence-electron chi connectivity index (χ0n) is 53.6. The zero-order valence-corrected chi connectivity index (χ0v) is 56.7. The number of unbranched alkanes of at least 4 members (excludes halogenated alkanes) is 9. The molecule has 2 aliphatic heterocycles. The predicted molar refractivity (Wildman–Crippen MR) is 354 cm³/mol. The minimum absolute atomic E-state index is 0.0252. The van der Waals surface area contributed by atoms with Crippen molar-refractivity contribution in [3.8, 4) is 5.75 Å². The van der Waals surface area contributed by atoms with Crippen molar-refractivity contribution in [1.82, 2.24) is 39.8 Å². The smallest absolute Gasteiger partial charge is 0.328 e. The molecule has 2 aromatic heterocycles. The molecule has 7 rings (SSSR count). The third-order valence-electron chi connectivity index (χ3n) is 14.4. The molecule has 0 bridgehead atoms. The van der Waals surface area contributed by atoms with E-state index in [1.54, 1.807) is 56.4 Å². The number of urea groups is 2. The number of carbonyl (C=O) groups excluding carboxylic acids is 9. The Morgan fingerprint density at radius 1 is 0.750 bits per heavy atom. The number of hydrogen-bond acceptors (Lipinski definition) is 17. The second kappa shape index (κ2) is 35.0. The van der Waals surface area contributed by atoms with Crippen LogP contribution in [0.4, 0.5) is 32.3 Å². The van der Waals surface area contributed by atoms with Crippen LogP contribution in [0.1, 0.15) is 123 Å². The lowest BCUT2D eigenvalue weighted by Gasteiger charge is -2.24. The van der Waals surface area contributed by atoms with E-state index >= 15 is 0 Å². The number of benzene rings is 3. The maximum Gasteiger partial charge on any atom is 0.328 e. The average molecular weight is 1360 g/mol. The zero-order chi connectivity index (χ0) is 68.8. The van der Waals surface area contributed by atoms with E-state index in [9.17, 15) is 60.0 Å². The third kappa shape index (κ3) is 21.7. The minimum atomic E-state index is -3.45. The van der Waals surface area contributed by atoms with Gasteiger partial charge in [-0.25, -0.2) is 40.7 Å². The number of Topliss-reactive ketones (excluding diaryl/α,β-unsaturated/α-hetero) is 2. The van der Waals surface area contributed by atoms with Crippen LogP contribution < -0.4 is 31.3 Å². The molecule has 0 saturated carbocycles. The molecule has 26 nitrogen and oxygen atoms in total. The Balaban J connectivity index is 0.000000345. The van der Waals surface area contributed by atoms with E-state index in [2.05, 4.69) is 62.0 Å². The van der Waals surface area contributed by atoms with Gasteiger partial charge in [0.15, 0.2) is 54.8 Å². The number of ether oxygens (including phenoxy) is 1. The summed E-state index contributed by atoms with van der Waals surface area (Å²) in [7, 11) is -3.43. The van der Waals surface area contributed by atoms with Gasteiger partial charge in [0.1, 0.15) is 28.6 Å². The summed E-state index contributed by atoms with van der Waals surface area (Å²) >= 11 is 12.2. The minimum Gasteiger partial charge on any atom is -0.495 e. The van der Waals surface area contributed by atoms with Crippen LogP contribution in [0.3, 0.4) is 0 Å². The highest BCUT2D eigenvalue weighted by atomic mass is 35.5. The molecule has 0 radical (unpaired) electrons. The van der Waals surface area contributed by atoms with E-state index in [0.29, 0.717) is 49.8 Å². The number of aromatic nitrogens is 4. The molecule has 4 heterocycles. The molecule has 5 aromatic rings. The SMILES string of the molecule is C=C.CCCCCCCCCCCCS(=O)(=O)CC(C)C(=O)Nc1ccc(Cl)c(NC(=O)C(C(C)=O)N2C(=O)CN(Cc3ccccc3)C2=O)c1.CNc1ccc(OC)c(NC(=O)C(C(C)=O)N2C(=O)NC(C)(C)C2=O)c1.Cc1[nH]n2c(CS(C)(=O)=O)nnc2c1Cl. The number of nitrogens with zero attached hydrogens (tertiary/aromatic N) is 6. The van der Waals surface area contributed by atoms with Crippen LogP contribution in [-0.4, -0.2) is 161 Å². The van der Waals surface area contributed by atoms with Gasteiger partial charge in [0, 0.05) is 37.1 Å². The summed E-state index contributed by atoms with van der Waals surface area (Å²) in [5.74, 6) is -5.54. The summed E-state index contributed by atoms with van der Waals surface area (Å²) in [6, 6.07) is 13.4. The molecule has 0 spiro atoms. The number of aryl methyl sites for hydroxylation is 1. The lowest BCUT2D eigenvalue weighted by molar-refractivity contribution is -0.141. The number of ketones is 2. The van der Waals surface area contributed by atoms with E-state index in [4.69, 9.17) is 27.9 Å². The van der Waals surface area contributed by atoms with Gasteiger partial charge in [-0.15, -0.1) is 23.4 Å². The van der Waals surface area contributed by atoms with Gasteiger partial charge < -0.3 is 36.2 Å². The Bertz CT molecular complexity index is 3690. The van der Waals surface area contributed by atoms with Crippen LogP contribution in [0.5, 0.6) is 5.75 Å². The first-order chi connectivity index (χ1) is 43.3. The predicted octanol–water partition coefficient (Wildman–Crippen LogP) is 8.94. The number of H-pyrrole nitrogens is 1. The number of methoxy groups -OCH3 is 1.